The van der Waals surface area contributed by atoms with Crippen molar-refractivity contribution in [3.05, 3.63) is 0 Å². The van der Waals surface area contributed by atoms with Gasteiger partial charge in [-0.25, -0.2) is 0 Å². The van der Waals surface area contributed by atoms with E-state index in [4.69, 9.17) is 0 Å². The van der Waals surface area contributed by atoms with E-state index in [1.807, 2.05) is 0 Å². The largest absolute Gasteiger partial charge is 0.673 e. The van der Waals surface area contributed by atoms with Gasteiger partial charge in [0, 0.05) is 6.04 Å². The number of hydrogen-bond donors (Lipinski definition) is 0. The van der Waals surface area contributed by atoms with E-state index in [1.165, 1.54) is 32.4 Å². The lowest BCUT2D eigenvalue weighted by molar-refractivity contribution is 0.253. The van der Waals surface area contributed by atoms with Crippen molar-refractivity contribution in [1.82, 2.24) is 4.90 Å². The lowest BCUT2D eigenvalue weighted by atomic mass is 10.2. The Morgan fingerprint density at radius 1 is 1.14 bits per heavy atom. The summed E-state index contributed by atoms with van der Waals surface area (Å²) in [5, 5.41) is 0. The Labute approximate surface area is 82.6 Å². The van der Waals surface area contributed by atoms with E-state index in [2.05, 4.69) is 18.7 Å². The summed E-state index contributed by atoms with van der Waals surface area (Å²) in [6, 6.07) is 0.826. The molecule has 0 aliphatic carbocycles. The third kappa shape index (κ3) is 8.35. The molecule has 1 rings (SSSR count). The van der Waals surface area contributed by atoms with Crippen molar-refractivity contribution in [2.24, 2.45) is 0 Å². The van der Waals surface area contributed by atoms with Crippen LogP contribution in [0.4, 0.5) is 17.3 Å². The molecule has 0 aromatic heterocycles. The minimum Gasteiger partial charge on any atom is -0.418 e. The molecule has 0 spiro atoms. The molecule has 0 aromatic carbocycles. The summed E-state index contributed by atoms with van der Waals surface area (Å²) in [6.45, 7) is 7.28. The zero-order chi connectivity index (χ0) is 11.2. The van der Waals surface area contributed by atoms with Crippen LogP contribution in [0.2, 0.25) is 0 Å². The summed E-state index contributed by atoms with van der Waals surface area (Å²) >= 11 is 0. The smallest absolute Gasteiger partial charge is 0.418 e. The third-order valence-corrected chi connectivity index (χ3v) is 2.35. The predicted molar refractivity (Wildman–Crippen MR) is 50.7 cm³/mol. The Morgan fingerprint density at radius 3 is 1.79 bits per heavy atom. The molecule has 0 unspecified atom stereocenters. The number of hydrogen-bond acceptors (Lipinski definition) is 1. The van der Waals surface area contributed by atoms with E-state index < -0.39 is 7.25 Å². The van der Waals surface area contributed by atoms with Crippen molar-refractivity contribution in [3.63, 3.8) is 0 Å². The Bertz CT molecular complexity index is 139. The zero-order valence-corrected chi connectivity index (χ0v) is 8.65. The van der Waals surface area contributed by atoms with Crippen LogP contribution >= 0.6 is 0 Å². The molecule has 1 fully saturated rings. The number of halogens is 4. The maximum absolute atomic E-state index is 9.75. The van der Waals surface area contributed by atoms with Gasteiger partial charge in [-0.05, 0) is 39.3 Å². The van der Waals surface area contributed by atoms with Crippen LogP contribution in [0.15, 0.2) is 0 Å². The Kier molecular flexibility index (Phi) is 6.16. The van der Waals surface area contributed by atoms with Crippen LogP contribution in [-0.4, -0.2) is 31.3 Å². The van der Waals surface area contributed by atoms with Gasteiger partial charge in [0.15, 0.2) is 0 Å². The van der Waals surface area contributed by atoms with Gasteiger partial charge in [0.2, 0.25) is 0 Å². The normalized spacial score (nSPS) is 20.1. The molecule has 1 nitrogen and oxygen atoms in total. The molecule has 1 aliphatic heterocycles. The summed E-state index contributed by atoms with van der Waals surface area (Å²) in [6.07, 6.45) is 4.15. The lowest BCUT2D eigenvalue weighted by Gasteiger charge is -2.21. The van der Waals surface area contributed by atoms with Gasteiger partial charge >= 0.3 is 7.25 Å². The van der Waals surface area contributed by atoms with E-state index in [0.29, 0.717) is 0 Å². The quantitative estimate of drug-likeness (QED) is 0.504. The first-order chi connectivity index (χ1) is 6.34. The Morgan fingerprint density at radius 2 is 1.50 bits per heavy atom. The molecule has 0 N–H and O–H groups in total. The lowest BCUT2D eigenvalue weighted by Crippen LogP contribution is -2.29. The topological polar surface area (TPSA) is 3.24 Å². The summed E-state index contributed by atoms with van der Waals surface area (Å²) in [4.78, 5) is 2.58. The molecule has 1 heterocycles. The van der Waals surface area contributed by atoms with Gasteiger partial charge in [0.1, 0.15) is 0 Å². The molecule has 0 saturated carbocycles. The molecule has 0 aromatic rings. The highest BCUT2D eigenvalue weighted by Crippen LogP contribution is 2.12. The fraction of sp³-hybridized carbons (Fsp3) is 1.00. The molecule has 1 atom stereocenters. The van der Waals surface area contributed by atoms with Crippen LogP contribution in [0.3, 0.4) is 0 Å². The number of likely N-dealkylation sites (tertiary alicyclic amines) is 1. The van der Waals surface area contributed by atoms with Gasteiger partial charge in [-0.2, -0.15) is 0 Å². The van der Waals surface area contributed by atoms with Crippen molar-refractivity contribution >= 4 is 7.25 Å². The molecule has 14 heavy (non-hydrogen) atoms. The SMILES string of the molecule is CC[C@H](C)N1CCCC1.F[B-](F)(F)F. The number of rotatable bonds is 2. The highest BCUT2D eigenvalue weighted by Gasteiger charge is 2.20. The molecule has 1 saturated heterocycles. The molecule has 0 radical (unpaired) electrons. The molecule has 0 amide bonds. The second kappa shape index (κ2) is 6.27. The average Bonchev–Trinajstić information content (AvgIpc) is 2.51. The van der Waals surface area contributed by atoms with Gasteiger partial charge in [-0.15, -0.1) is 0 Å². The molecule has 0 bridgehead atoms. The summed E-state index contributed by atoms with van der Waals surface area (Å²) in [5.74, 6) is 0. The summed E-state index contributed by atoms with van der Waals surface area (Å²) in [7, 11) is -6.00. The molecular weight excluding hydrogens is 197 g/mol. The zero-order valence-electron chi connectivity index (χ0n) is 8.65. The first kappa shape index (κ1) is 13.7. The minimum absolute atomic E-state index is 0.826. The maximum atomic E-state index is 9.75. The van der Waals surface area contributed by atoms with Crippen LogP contribution in [0.1, 0.15) is 33.1 Å². The van der Waals surface area contributed by atoms with Crippen molar-refractivity contribution < 1.29 is 17.3 Å². The van der Waals surface area contributed by atoms with E-state index in [0.717, 1.165) is 6.04 Å². The molecule has 6 heteroatoms. The van der Waals surface area contributed by atoms with Crippen LogP contribution in [0, 0.1) is 0 Å². The van der Waals surface area contributed by atoms with Crippen LogP contribution in [-0.2, 0) is 0 Å². The highest BCUT2D eigenvalue weighted by atomic mass is 19.5. The minimum atomic E-state index is -6.00. The van der Waals surface area contributed by atoms with Gasteiger partial charge < -0.3 is 22.2 Å². The molecular formula is C8H17BF4N-. The van der Waals surface area contributed by atoms with Crippen molar-refractivity contribution in [1.29, 1.82) is 0 Å². The first-order valence-corrected chi connectivity index (χ1v) is 4.96. The van der Waals surface area contributed by atoms with Gasteiger partial charge in [0.05, 0.1) is 0 Å². The Hall–Kier alpha value is -0.255. The van der Waals surface area contributed by atoms with Crippen LogP contribution in [0.25, 0.3) is 0 Å². The highest BCUT2D eigenvalue weighted by molar-refractivity contribution is 6.50. The van der Waals surface area contributed by atoms with Gasteiger partial charge in [-0.1, -0.05) is 6.92 Å². The van der Waals surface area contributed by atoms with Gasteiger partial charge in [0.25, 0.3) is 0 Å². The summed E-state index contributed by atoms with van der Waals surface area (Å²) in [5.41, 5.74) is 0. The molecule has 1 aliphatic rings. The average molecular weight is 214 g/mol. The third-order valence-electron chi connectivity index (χ3n) is 2.35. The standard InChI is InChI=1S/C8H17N.BF4/c1-3-8(2)9-6-4-5-7-9;2-1(3,4)5/h8H,3-7H2,1-2H3;/q;-1/t8-;/m0./s1. The second-order valence-corrected chi connectivity index (χ2v) is 3.50. The van der Waals surface area contributed by atoms with Crippen LogP contribution in [0.5, 0.6) is 0 Å². The van der Waals surface area contributed by atoms with E-state index >= 15 is 0 Å². The monoisotopic (exact) mass is 214 g/mol. The van der Waals surface area contributed by atoms with Crippen LogP contribution < -0.4 is 0 Å². The Balaban J connectivity index is 0.000000292. The molecule has 86 valence electrons. The number of nitrogens with zero attached hydrogens (tertiary/aromatic N) is 1. The summed E-state index contributed by atoms with van der Waals surface area (Å²) < 4.78 is 39.0. The van der Waals surface area contributed by atoms with Gasteiger partial charge in [-0.3, -0.25) is 0 Å². The van der Waals surface area contributed by atoms with Crippen molar-refractivity contribution in [2.75, 3.05) is 13.1 Å². The fourth-order valence-electron chi connectivity index (χ4n) is 1.44. The van der Waals surface area contributed by atoms with Crippen molar-refractivity contribution in [2.45, 2.75) is 39.2 Å². The first-order valence-electron chi connectivity index (χ1n) is 4.96. The van der Waals surface area contributed by atoms with E-state index in [9.17, 15) is 17.3 Å². The predicted octanol–water partition coefficient (Wildman–Crippen LogP) is 3.18. The maximum Gasteiger partial charge on any atom is 0.673 e. The van der Waals surface area contributed by atoms with E-state index in [1.54, 1.807) is 0 Å². The van der Waals surface area contributed by atoms with Crippen molar-refractivity contribution in [3.8, 4) is 0 Å². The fourth-order valence-corrected chi connectivity index (χ4v) is 1.44. The van der Waals surface area contributed by atoms with E-state index in [-0.39, 0.29) is 0 Å². The second-order valence-electron chi connectivity index (χ2n) is 3.50.